The number of rotatable bonds is 3. The van der Waals surface area contributed by atoms with Gasteiger partial charge in [0.25, 0.3) is 5.91 Å². The van der Waals surface area contributed by atoms with E-state index in [0.29, 0.717) is 38.3 Å². The van der Waals surface area contributed by atoms with Crippen molar-refractivity contribution in [1.29, 1.82) is 0 Å². The summed E-state index contributed by atoms with van der Waals surface area (Å²) in [5, 5.41) is 0. The molecule has 4 heterocycles. The minimum absolute atomic E-state index is 0.0439. The van der Waals surface area contributed by atoms with E-state index in [1.54, 1.807) is 17.2 Å². The summed E-state index contributed by atoms with van der Waals surface area (Å²) >= 11 is 0. The highest BCUT2D eigenvalue weighted by atomic mass is 16.5. The van der Waals surface area contributed by atoms with Gasteiger partial charge in [-0.05, 0) is 24.6 Å². The number of hydrogen-bond donors (Lipinski definition) is 0. The van der Waals surface area contributed by atoms with Crippen LogP contribution in [0.25, 0.3) is 0 Å². The van der Waals surface area contributed by atoms with E-state index in [-0.39, 0.29) is 18.2 Å². The molecule has 2 aliphatic rings. The quantitative estimate of drug-likeness (QED) is 0.831. The summed E-state index contributed by atoms with van der Waals surface area (Å²) in [6, 6.07) is 7.24. The van der Waals surface area contributed by atoms with Crippen LogP contribution in [0.5, 0.6) is 0 Å². The summed E-state index contributed by atoms with van der Waals surface area (Å²) in [5.74, 6) is -0.0119. The number of carbonyl (C=O) groups is 2. The van der Waals surface area contributed by atoms with Crippen LogP contribution in [0.15, 0.2) is 47.4 Å². The number of furan rings is 1. The topological polar surface area (TPSA) is 75.9 Å². The smallest absolute Gasteiger partial charge is 0.257 e. The largest absolute Gasteiger partial charge is 0.472 e. The minimum Gasteiger partial charge on any atom is -0.472 e. The van der Waals surface area contributed by atoms with E-state index >= 15 is 0 Å². The Hall–Kier alpha value is -2.67. The third-order valence-corrected chi connectivity index (χ3v) is 5.03. The Morgan fingerprint density at radius 2 is 2.04 bits per heavy atom. The lowest BCUT2D eigenvalue weighted by Gasteiger charge is -2.40. The summed E-state index contributed by atoms with van der Waals surface area (Å²) in [5.41, 5.74) is 0.833. The molecule has 2 aromatic heterocycles. The van der Waals surface area contributed by atoms with Crippen molar-refractivity contribution in [3.8, 4) is 0 Å². The van der Waals surface area contributed by atoms with Gasteiger partial charge in [-0.3, -0.25) is 14.6 Å². The van der Waals surface area contributed by atoms with E-state index in [9.17, 15) is 9.59 Å². The average Bonchev–Trinajstić information content (AvgIpc) is 3.33. The molecule has 0 bridgehead atoms. The predicted molar refractivity (Wildman–Crippen MR) is 92.4 cm³/mol. The molecule has 7 heteroatoms. The maximum Gasteiger partial charge on any atom is 0.257 e. The molecule has 2 aromatic rings. The van der Waals surface area contributed by atoms with Crippen LogP contribution in [0.1, 0.15) is 22.5 Å². The first-order chi connectivity index (χ1) is 12.7. The van der Waals surface area contributed by atoms with Crippen LogP contribution < -0.4 is 0 Å². The van der Waals surface area contributed by atoms with Crippen molar-refractivity contribution in [3.05, 3.63) is 54.2 Å². The Balaban J connectivity index is 1.40. The second-order valence-electron chi connectivity index (χ2n) is 6.83. The monoisotopic (exact) mass is 355 g/mol. The molecule has 0 unspecified atom stereocenters. The number of aromatic nitrogens is 1. The lowest BCUT2D eigenvalue weighted by Crippen LogP contribution is -2.55. The zero-order chi connectivity index (χ0) is 18.0. The lowest BCUT2D eigenvalue weighted by atomic mass is 10.00. The van der Waals surface area contributed by atoms with E-state index in [2.05, 4.69) is 4.98 Å². The van der Waals surface area contributed by atoms with Crippen molar-refractivity contribution in [2.75, 3.05) is 32.8 Å². The number of hydrogen-bond acceptors (Lipinski definition) is 5. The molecule has 2 amide bonds. The first-order valence-electron chi connectivity index (χ1n) is 8.78. The van der Waals surface area contributed by atoms with Crippen LogP contribution in [0.2, 0.25) is 0 Å². The van der Waals surface area contributed by atoms with Gasteiger partial charge in [0, 0.05) is 25.0 Å². The zero-order valence-electron chi connectivity index (χ0n) is 14.5. The number of ether oxygens (including phenoxy) is 1. The summed E-state index contributed by atoms with van der Waals surface area (Å²) < 4.78 is 11.0. The zero-order valence-corrected chi connectivity index (χ0v) is 14.5. The second-order valence-corrected chi connectivity index (χ2v) is 6.83. The van der Waals surface area contributed by atoms with Crippen LogP contribution >= 0.6 is 0 Å². The second kappa shape index (κ2) is 6.92. The molecule has 2 aliphatic heterocycles. The van der Waals surface area contributed by atoms with Gasteiger partial charge >= 0.3 is 0 Å². The molecule has 136 valence electrons. The molecule has 2 fully saturated rings. The molecule has 26 heavy (non-hydrogen) atoms. The van der Waals surface area contributed by atoms with Crippen molar-refractivity contribution in [1.82, 2.24) is 14.8 Å². The van der Waals surface area contributed by atoms with Crippen LogP contribution in [-0.4, -0.2) is 65.0 Å². The van der Waals surface area contributed by atoms with Gasteiger partial charge in [-0.15, -0.1) is 0 Å². The molecule has 0 N–H and O–H groups in total. The SMILES string of the molecule is O=C(Cc1ccccn1)N1CC[C@@]2(C1)CN(C(=O)c1ccoc1)CCO2. The van der Waals surface area contributed by atoms with Gasteiger partial charge in [0.15, 0.2) is 0 Å². The number of morpholine rings is 1. The predicted octanol–water partition coefficient (Wildman–Crippen LogP) is 1.36. The van der Waals surface area contributed by atoms with Crippen molar-refractivity contribution < 1.29 is 18.7 Å². The Morgan fingerprint density at radius 1 is 1.15 bits per heavy atom. The fourth-order valence-electron chi connectivity index (χ4n) is 3.66. The van der Waals surface area contributed by atoms with Crippen LogP contribution in [0.4, 0.5) is 0 Å². The summed E-state index contributed by atoms with van der Waals surface area (Å²) in [7, 11) is 0. The molecule has 7 nitrogen and oxygen atoms in total. The van der Waals surface area contributed by atoms with Gasteiger partial charge in [0.1, 0.15) is 11.9 Å². The molecular weight excluding hydrogens is 334 g/mol. The Bertz CT molecular complexity index is 777. The summed E-state index contributed by atoms with van der Waals surface area (Å²) in [6.07, 6.45) is 5.67. The molecule has 2 saturated heterocycles. The fraction of sp³-hybridized carbons (Fsp3) is 0.421. The van der Waals surface area contributed by atoms with Crippen LogP contribution in [0, 0.1) is 0 Å². The maximum absolute atomic E-state index is 12.6. The number of likely N-dealkylation sites (tertiary alicyclic amines) is 1. The van der Waals surface area contributed by atoms with Gasteiger partial charge in [-0.25, -0.2) is 0 Å². The highest BCUT2D eigenvalue weighted by Gasteiger charge is 2.45. The molecule has 0 radical (unpaired) electrons. The Labute approximate surface area is 151 Å². The van der Waals surface area contributed by atoms with Crippen molar-refractivity contribution in [3.63, 3.8) is 0 Å². The minimum atomic E-state index is -0.475. The van der Waals surface area contributed by atoms with E-state index < -0.39 is 5.60 Å². The highest BCUT2D eigenvalue weighted by molar-refractivity contribution is 5.94. The van der Waals surface area contributed by atoms with E-state index in [1.165, 1.54) is 12.5 Å². The molecular formula is C19H21N3O4. The van der Waals surface area contributed by atoms with E-state index in [0.717, 1.165) is 12.1 Å². The number of carbonyl (C=O) groups excluding carboxylic acids is 2. The van der Waals surface area contributed by atoms with Crippen LogP contribution in [-0.2, 0) is 16.0 Å². The number of amides is 2. The van der Waals surface area contributed by atoms with Crippen molar-refractivity contribution in [2.24, 2.45) is 0 Å². The molecule has 0 aliphatic carbocycles. The first kappa shape index (κ1) is 16.8. The van der Waals surface area contributed by atoms with Crippen LogP contribution in [0.3, 0.4) is 0 Å². The van der Waals surface area contributed by atoms with Crippen molar-refractivity contribution in [2.45, 2.75) is 18.4 Å². The van der Waals surface area contributed by atoms with E-state index in [4.69, 9.17) is 9.15 Å². The Morgan fingerprint density at radius 3 is 2.81 bits per heavy atom. The molecule has 1 atom stereocenters. The maximum atomic E-state index is 12.6. The molecule has 4 rings (SSSR count). The normalized spacial score (nSPS) is 22.8. The van der Waals surface area contributed by atoms with Gasteiger partial charge in [0.05, 0.1) is 37.9 Å². The standard InChI is InChI=1S/C19H21N3O4/c23-17(11-16-3-1-2-6-20-16)21-7-5-19(13-21)14-22(8-10-26-19)18(24)15-4-9-25-12-15/h1-4,6,9,12H,5,7-8,10-11,13-14H2/t19-/m1/s1. The average molecular weight is 355 g/mol. The third-order valence-electron chi connectivity index (χ3n) is 5.03. The van der Waals surface area contributed by atoms with Crippen molar-refractivity contribution >= 4 is 11.8 Å². The van der Waals surface area contributed by atoms with Gasteiger partial charge in [0.2, 0.25) is 5.91 Å². The number of nitrogens with zero attached hydrogens (tertiary/aromatic N) is 3. The lowest BCUT2D eigenvalue weighted by molar-refractivity contribution is -0.133. The van der Waals surface area contributed by atoms with Gasteiger partial charge in [-0.2, -0.15) is 0 Å². The van der Waals surface area contributed by atoms with Gasteiger partial charge in [-0.1, -0.05) is 6.07 Å². The summed E-state index contributed by atoms with van der Waals surface area (Å²) in [6.45, 7) is 2.66. The van der Waals surface area contributed by atoms with E-state index in [1.807, 2.05) is 23.1 Å². The molecule has 1 spiro atoms. The highest BCUT2D eigenvalue weighted by Crippen LogP contribution is 2.30. The first-order valence-corrected chi connectivity index (χ1v) is 8.78. The Kier molecular flexibility index (Phi) is 4.46. The summed E-state index contributed by atoms with van der Waals surface area (Å²) in [4.78, 5) is 33.0. The fourth-order valence-corrected chi connectivity index (χ4v) is 3.66. The molecule has 0 aromatic carbocycles. The van der Waals surface area contributed by atoms with Gasteiger partial charge < -0.3 is 19.0 Å². The number of pyridine rings is 1. The third kappa shape index (κ3) is 3.35. The molecule has 0 saturated carbocycles.